The number of aliphatic imine (C=N–C) groups is 1. The monoisotopic (exact) mass is 431 g/mol. The number of hydrogen-bond acceptors (Lipinski definition) is 5. The summed E-state index contributed by atoms with van der Waals surface area (Å²) < 4.78 is 4.16. The number of aromatic amines is 1. The molecule has 4 rings (SSSR count). The molecule has 0 saturated heterocycles. The molecule has 2 aromatic heterocycles. The molecule has 0 aliphatic carbocycles. The van der Waals surface area contributed by atoms with Gasteiger partial charge in [-0.1, -0.05) is 48.5 Å². The molecule has 9 nitrogen and oxygen atoms in total. The molecule has 0 aliphatic rings. The first-order valence-corrected chi connectivity index (χ1v) is 9.86. The molecule has 0 amide bonds. The van der Waals surface area contributed by atoms with E-state index in [0.717, 1.165) is 16.3 Å². The molecule has 162 valence electrons. The summed E-state index contributed by atoms with van der Waals surface area (Å²) in [5.74, 6) is -0.525. The summed E-state index contributed by atoms with van der Waals surface area (Å²) >= 11 is 0. The van der Waals surface area contributed by atoms with E-state index in [4.69, 9.17) is 0 Å². The number of benzene rings is 2. The lowest BCUT2D eigenvalue weighted by Gasteiger charge is -2.09. The van der Waals surface area contributed by atoms with Gasteiger partial charge in [0.2, 0.25) is 5.88 Å². The van der Waals surface area contributed by atoms with E-state index in [2.05, 4.69) is 9.98 Å². The summed E-state index contributed by atoms with van der Waals surface area (Å²) in [7, 11) is 1.73. The van der Waals surface area contributed by atoms with E-state index in [1.54, 1.807) is 55.1 Å². The molecule has 0 saturated carbocycles. The smallest absolute Gasteiger partial charge is 0.331 e. The maximum atomic E-state index is 13.0. The van der Waals surface area contributed by atoms with Gasteiger partial charge in [-0.2, -0.15) is 0 Å². The quantitative estimate of drug-likeness (QED) is 0.469. The fourth-order valence-corrected chi connectivity index (χ4v) is 3.44. The first-order chi connectivity index (χ1) is 15.4. The summed E-state index contributed by atoms with van der Waals surface area (Å²) in [6, 6.07) is 18.1. The van der Waals surface area contributed by atoms with Crippen LogP contribution in [-0.2, 0) is 13.6 Å². The van der Waals surface area contributed by atoms with Crippen molar-refractivity contribution < 1.29 is 5.11 Å². The van der Waals surface area contributed by atoms with Crippen LogP contribution in [0.1, 0.15) is 16.8 Å². The van der Waals surface area contributed by atoms with E-state index in [9.17, 15) is 19.5 Å². The second kappa shape index (κ2) is 8.38. The molecular formula is C23H21N5O4. The van der Waals surface area contributed by atoms with Crippen molar-refractivity contribution in [2.24, 2.45) is 12.0 Å². The van der Waals surface area contributed by atoms with Gasteiger partial charge in [-0.15, -0.1) is 0 Å². The van der Waals surface area contributed by atoms with Crippen molar-refractivity contribution in [3.63, 3.8) is 0 Å². The fraction of sp³-hybridized carbons (Fsp3) is 0.130. The zero-order chi connectivity index (χ0) is 22.8. The average molecular weight is 431 g/mol. The topological polar surface area (TPSA) is 114 Å². The van der Waals surface area contributed by atoms with Crippen molar-refractivity contribution in [2.45, 2.75) is 13.5 Å². The molecule has 0 spiro atoms. The van der Waals surface area contributed by atoms with Crippen LogP contribution in [0.25, 0.3) is 5.69 Å². The van der Waals surface area contributed by atoms with Gasteiger partial charge in [0.25, 0.3) is 11.1 Å². The first kappa shape index (κ1) is 20.9. The van der Waals surface area contributed by atoms with Crippen LogP contribution in [0.3, 0.4) is 0 Å². The molecular weight excluding hydrogens is 410 g/mol. The molecule has 0 fully saturated rings. The van der Waals surface area contributed by atoms with Gasteiger partial charge in [-0.05, 0) is 24.6 Å². The highest BCUT2D eigenvalue weighted by molar-refractivity contribution is 5.84. The highest BCUT2D eigenvalue weighted by atomic mass is 16.3. The molecule has 32 heavy (non-hydrogen) atoms. The molecule has 0 radical (unpaired) electrons. The van der Waals surface area contributed by atoms with Crippen LogP contribution in [0.15, 0.2) is 80.0 Å². The second-order valence-electron chi connectivity index (χ2n) is 7.24. The number of H-pyrrole nitrogens is 1. The Hall–Kier alpha value is -4.40. The summed E-state index contributed by atoms with van der Waals surface area (Å²) in [5, 5.41) is 10.6. The summed E-state index contributed by atoms with van der Waals surface area (Å²) in [6.45, 7) is 1.79. The molecule has 2 aromatic carbocycles. The second-order valence-corrected chi connectivity index (χ2v) is 7.24. The van der Waals surface area contributed by atoms with E-state index < -0.39 is 17.1 Å². The average Bonchev–Trinajstić information content (AvgIpc) is 3.00. The lowest BCUT2D eigenvalue weighted by molar-refractivity contribution is 0.408. The Morgan fingerprint density at radius 1 is 1.00 bits per heavy atom. The lowest BCUT2D eigenvalue weighted by atomic mass is 10.2. The van der Waals surface area contributed by atoms with Gasteiger partial charge >= 0.3 is 5.69 Å². The van der Waals surface area contributed by atoms with Crippen molar-refractivity contribution >= 4 is 11.9 Å². The highest BCUT2D eigenvalue weighted by Crippen LogP contribution is 2.18. The van der Waals surface area contributed by atoms with Crippen LogP contribution < -0.4 is 16.8 Å². The van der Waals surface area contributed by atoms with E-state index in [1.807, 2.05) is 24.3 Å². The number of rotatable bonds is 5. The molecule has 0 unspecified atom stereocenters. The number of nitrogens with one attached hydrogen (secondary N) is 1. The number of nitrogens with zero attached hydrogens (tertiary/aromatic N) is 4. The first-order valence-electron chi connectivity index (χ1n) is 9.86. The van der Waals surface area contributed by atoms with Gasteiger partial charge in [0.05, 0.1) is 17.9 Å². The van der Waals surface area contributed by atoms with Crippen LogP contribution in [0.2, 0.25) is 0 Å². The molecule has 0 bridgehead atoms. The van der Waals surface area contributed by atoms with Gasteiger partial charge in [0.15, 0.2) is 5.69 Å². The van der Waals surface area contributed by atoms with Crippen molar-refractivity contribution in [2.75, 3.05) is 0 Å². The SMILES string of the molecule is Cc1c(N=Cc2c(O)n(Cc3ccccc3)c(=O)[nH]c2=O)c(=O)n(-c2ccccc2)n1C. The van der Waals surface area contributed by atoms with Crippen LogP contribution in [0.4, 0.5) is 5.69 Å². The van der Waals surface area contributed by atoms with Gasteiger partial charge in [-0.3, -0.25) is 23.8 Å². The zero-order valence-electron chi connectivity index (χ0n) is 17.5. The summed E-state index contributed by atoms with van der Waals surface area (Å²) in [5.41, 5.74) is 0.00881. The molecule has 0 atom stereocenters. The van der Waals surface area contributed by atoms with Crippen molar-refractivity contribution in [1.29, 1.82) is 0 Å². The third-order valence-corrected chi connectivity index (χ3v) is 5.24. The Balaban J connectivity index is 1.78. The highest BCUT2D eigenvalue weighted by Gasteiger charge is 2.17. The molecule has 0 aliphatic heterocycles. The van der Waals surface area contributed by atoms with Crippen molar-refractivity contribution in [1.82, 2.24) is 18.9 Å². The van der Waals surface area contributed by atoms with Crippen LogP contribution in [0.5, 0.6) is 5.88 Å². The number of aromatic hydroxyl groups is 1. The van der Waals surface area contributed by atoms with Crippen LogP contribution in [0, 0.1) is 6.92 Å². The van der Waals surface area contributed by atoms with Crippen molar-refractivity contribution in [3.8, 4) is 11.6 Å². The van der Waals surface area contributed by atoms with E-state index >= 15 is 0 Å². The third-order valence-electron chi connectivity index (χ3n) is 5.24. The van der Waals surface area contributed by atoms with Gasteiger partial charge in [0, 0.05) is 13.3 Å². The Morgan fingerprint density at radius 3 is 2.28 bits per heavy atom. The predicted octanol–water partition coefficient (Wildman–Crippen LogP) is 1.84. The predicted molar refractivity (Wildman–Crippen MR) is 122 cm³/mol. The lowest BCUT2D eigenvalue weighted by Crippen LogP contribution is -2.32. The molecule has 2 N–H and O–H groups in total. The Morgan fingerprint density at radius 2 is 1.62 bits per heavy atom. The minimum atomic E-state index is -0.794. The standard InChI is InChI=1S/C23H21N5O4/c1-15-19(22(31)28(26(15)2)17-11-7-4-8-12-17)24-13-18-20(29)25-23(32)27(21(18)30)14-16-9-5-3-6-10-16/h3-13,30H,14H2,1-2H3,(H,25,29,32). The van der Waals surface area contributed by atoms with Gasteiger partial charge in [0.1, 0.15) is 5.56 Å². The number of aromatic nitrogens is 4. The van der Waals surface area contributed by atoms with E-state index in [0.29, 0.717) is 11.4 Å². The third kappa shape index (κ3) is 3.71. The largest absolute Gasteiger partial charge is 0.494 e. The zero-order valence-corrected chi connectivity index (χ0v) is 17.5. The van der Waals surface area contributed by atoms with Gasteiger partial charge in [-0.25, -0.2) is 14.5 Å². The Bertz CT molecular complexity index is 1480. The van der Waals surface area contributed by atoms with Crippen LogP contribution in [-0.4, -0.2) is 30.2 Å². The maximum Gasteiger partial charge on any atom is 0.331 e. The Kier molecular flexibility index (Phi) is 5.46. The van der Waals surface area contributed by atoms with Crippen molar-refractivity contribution in [3.05, 3.63) is 109 Å². The molecule has 2 heterocycles. The minimum absolute atomic E-state index is 0.0638. The maximum absolute atomic E-state index is 13.0. The van der Waals surface area contributed by atoms with Gasteiger partial charge < -0.3 is 5.11 Å². The molecule has 9 heteroatoms. The normalized spacial score (nSPS) is 11.3. The fourth-order valence-electron chi connectivity index (χ4n) is 3.44. The van der Waals surface area contributed by atoms with E-state index in [-0.39, 0.29) is 23.4 Å². The van der Waals surface area contributed by atoms with Crippen LogP contribution >= 0.6 is 0 Å². The minimum Gasteiger partial charge on any atom is -0.494 e. The summed E-state index contributed by atoms with van der Waals surface area (Å²) in [4.78, 5) is 44.0. The number of para-hydroxylation sites is 1. The Labute approximate surface area is 182 Å². The van der Waals surface area contributed by atoms with E-state index in [1.165, 1.54) is 4.68 Å². The summed E-state index contributed by atoms with van der Waals surface area (Å²) in [6.07, 6.45) is 1.11. The molecule has 4 aromatic rings. The number of hydrogen-bond donors (Lipinski definition) is 2.